The average molecular weight is 351 g/mol. The maximum atomic E-state index is 12.6. The maximum Gasteiger partial charge on any atom is 0.227 e. The number of fused-ring (bicyclic) bond motifs is 1. The van der Waals surface area contributed by atoms with Gasteiger partial charge in [0.05, 0.1) is 13.5 Å². The smallest absolute Gasteiger partial charge is 0.227 e. The van der Waals surface area contributed by atoms with Crippen molar-refractivity contribution >= 4 is 23.4 Å². The van der Waals surface area contributed by atoms with Crippen molar-refractivity contribution in [2.75, 3.05) is 33.3 Å². The Morgan fingerprint density at radius 2 is 1.92 bits per heavy atom. The second-order valence-electron chi connectivity index (χ2n) is 6.71. The van der Waals surface area contributed by atoms with Gasteiger partial charge >= 0.3 is 0 Å². The lowest BCUT2D eigenvalue weighted by molar-refractivity contribution is -0.131. The van der Waals surface area contributed by atoms with Crippen LogP contribution in [0.5, 0.6) is 5.75 Å². The minimum absolute atomic E-state index is 0.103. The van der Waals surface area contributed by atoms with Crippen LogP contribution in [0.15, 0.2) is 18.2 Å². The van der Waals surface area contributed by atoms with Gasteiger partial charge in [0.25, 0.3) is 0 Å². The summed E-state index contributed by atoms with van der Waals surface area (Å²) in [5.74, 6) is 1.83. The van der Waals surface area contributed by atoms with Crippen molar-refractivity contribution in [3.63, 3.8) is 0 Å². The summed E-state index contributed by atoms with van der Waals surface area (Å²) in [6.07, 6.45) is 1.29. The van der Waals surface area contributed by atoms with Crippen LogP contribution >= 0.6 is 11.6 Å². The molecule has 0 aliphatic carbocycles. The standard InChI is InChI=1S/C18H23ClN2O3/c1-12(22)20-6-5-14-9-21(11-15(14)10-20)18(23)7-13-3-4-16(24-2)8-17(13)19/h3-4,8,14-15H,5-7,9-11H2,1-2H3/t14-,15-/m1/s1. The Labute approximate surface area is 147 Å². The molecule has 2 amide bonds. The van der Waals surface area contributed by atoms with Gasteiger partial charge in [-0.3, -0.25) is 9.59 Å². The first-order chi connectivity index (χ1) is 11.5. The van der Waals surface area contributed by atoms with Crippen molar-refractivity contribution in [1.29, 1.82) is 0 Å². The highest BCUT2D eigenvalue weighted by atomic mass is 35.5. The number of piperidine rings is 1. The molecular weight excluding hydrogens is 328 g/mol. The summed E-state index contributed by atoms with van der Waals surface area (Å²) in [5.41, 5.74) is 0.822. The lowest BCUT2D eigenvalue weighted by Crippen LogP contribution is -2.42. The average Bonchev–Trinajstić information content (AvgIpc) is 2.99. The lowest BCUT2D eigenvalue weighted by Gasteiger charge is -2.33. The number of nitrogens with zero attached hydrogens (tertiary/aromatic N) is 2. The first-order valence-corrected chi connectivity index (χ1v) is 8.71. The highest BCUT2D eigenvalue weighted by Gasteiger charge is 2.39. The summed E-state index contributed by atoms with van der Waals surface area (Å²) in [7, 11) is 1.59. The molecule has 0 spiro atoms. The van der Waals surface area contributed by atoms with E-state index in [4.69, 9.17) is 16.3 Å². The minimum Gasteiger partial charge on any atom is -0.497 e. The zero-order valence-corrected chi connectivity index (χ0v) is 14.9. The quantitative estimate of drug-likeness (QED) is 0.840. The van der Waals surface area contributed by atoms with Gasteiger partial charge in [-0.25, -0.2) is 0 Å². The van der Waals surface area contributed by atoms with Crippen LogP contribution in [0, 0.1) is 11.8 Å². The van der Waals surface area contributed by atoms with Crippen LogP contribution in [0.1, 0.15) is 18.9 Å². The number of hydrogen-bond acceptors (Lipinski definition) is 3. The molecule has 0 aromatic heterocycles. The molecule has 0 bridgehead atoms. The number of rotatable bonds is 3. The number of carbonyl (C=O) groups excluding carboxylic acids is 2. The fourth-order valence-corrected chi connectivity index (χ4v) is 3.97. The summed E-state index contributed by atoms with van der Waals surface area (Å²) < 4.78 is 5.14. The topological polar surface area (TPSA) is 49.9 Å². The number of carbonyl (C=O) groups is 2. The SMILES string of the molecule is COc1ccc(CC(=O)N2C[C@H]3CCN(C(C)=O)C[C@@H]3C2)c(Cl)c1. The van der Waals surface area contributed by atoms with Gasteiger partial charge in [0.15, 0.2) is 0 Å². The number of benzene rings is 1. The van der Waals surface area contributed by atoms with Gasteiger partial charge < -0.3 is 14.5 Å². The number of halogens is 1. The van der Waals surface area contributed by atoms with E-state index in [0.29, 0.717) is 29.0 Å². The largest absolute Gasteiger partial charge is 0.497 e. The van der Waals surface area contributed by atoms with Crippen molar-refractivity contribution in [2.24, 2.45) is 11.8 Å². The molecule has 130 valence electrons. The van der Waals surface area contributed by atoms with E-state index in [1.165, 1.54) is 0 Å². The van der Waals surface area contributed by atoms with E-state index in [1.807, 2.05) is 21.9 Å². The van der Waals surface area contributed by atoms with Crippen molar-refractivity contribution < 1.29 is 14.3 Å². The molecule has 5 nitrogen and oxygen atoms in total. The Bertz CT molecular complexity index is 649. The molecule has 1 aromatic rings. The van der Waals surface area contributed by atoms with Crippen LogP contribution < -0.4 is 4.74 Å². The van der Waals surface area contributed by atoms with E-state index in [1.54, 1.807) is 20.1 Å². The molecular formula is C18H23ClN2O3. The van der Waals surface area contributed by atoms with Gasteiger partial charge in [0.1, 0.15) is 5.75 Å². The Hall–Kier alpha value is -1.75. The summed E-state index contributed by atoms with van der Waals surface area (Å²) in [5, 5.41) is 0.557. The summed E-state index contributed by atoms with van der Waals surface area (Å²) in [6.45, 7) is 4.73. The van der Waals surface area contributed by atoms with Gasteiger partial charge in [-0.05, 0) is 36.0 Å². The number of ether oxygens (including phenoxy) is 1. The molecule has 0 radical (unpaired) electrons. The van der Waals surface area contributed by atoms with Gasteiger partial charge in [-0.1, -0.05) is 17.7 Å². The second kappa shape index (κ2) is 7.01. The Balaban J connectivity index is 1.62. The Morgan fingerprint density at radius 3 is 2.58 bits per heavy atom. The third kappa shape index (κ3) is 3.51. The lowest BCUT2D eigenvalue weighted by atomic mass is 9.89. The molecule has 0 unspecified atom stereocenters. The van der Waals surface area contributed by atoms with Gasteiger partial charge in [-0.15, -0.1) is 0 Å². The van der Waals surface area contributed by atoms with Gasteiger partial charge in [0.2, 0.25) is 11.8 Å². The first-order valence-electron chi connectivity index (χ1n) is 8.33. The zero-order valence-electron chi connectivity index (χ0n) is 14.1. The van der Waals surface area contributed by atoms with Crippen molar-refractivity contribution in [3.8, 4) is 5.75 Å². The van der Waals surface area contributed by atoms with Crippen LogP contribution in [0.25, 0.3) is 0 Å². The van der Waals surface area contributed by atoms with Crippen LogP contribution in [0.3, 0.4) is 0 Å². The fraction of sp³-hybridized carbons (Fsp3) is 0.556. The molecule has 1 aromatic carbocycles. The Morgan fingerprint density at radius 1 is 1.21 bits per heavy atom. The molecule has 2 aliphatic rings. The monoisotopic (exact) mass is 350 g/mol. The second-order valence-corrected chi connectivity index (χ2v) is 7.11. The number of hydrogen-bond donors (Lipinski definition) is 0. The molecule has 6 heteroatoms. The molecule has 24 heavy (non-hydrogen) atoms. The van der Waals surface area contributed by atoms with E-state index in [-0.39, 0.29) is 11.8 Å². The minimum atomic E-state index is 0.103. The Kier molecular flexibility index (Phi) is 4.99. The highest BCUT2D eigenvalue weighted by molar-refractivity contribution is 6.31. The molecule has 2 aliphatic heterocycles. The molecule has 3 rings (SSSR count). The van der Waals surface area contributed by atoms with Crippen molar-refractivity contribution in [3.05, 3.63) is 28.8 Å². The molecule has 2 atom stereocenters. The fourth-order valence-electron chi connectivity index (χ4n) is 3.73. The third-order valence-corrected chi connectivity index (χ3v) is 5.55. The number of methoxy groups -OCH3 is 1. The maximum absolute atomic E-state index is 12.6. The van der Waals surface area contributed by atoms with Gasteiger partial charge in [-0.2, -0.15) is 0 Å². The summed E-state index contributed by atoms with van der Waals surface area (Å²) in [6, 6.07) is 5.40. The van der Waals surface area contributed by atoms with Crippen molar-refractivity contribution in [1.82, 2.24) is 9.80 Å². The predicted octanol–water partition coefficient (Wildman–Crippen LogP) is 2.22. The van der Waals surface area contributed by atoms with Crippen LogP contribution in [0.2, 0.25) is 5.02 Å². The van der Waals surface area contributed by atoms with E-state index in [0.717, 1.165) is 38.2 Å². The summed E-state index contributed by atoms with van der Waals surface area (Å²) >= 11 is 6.24. The first kappa shape index (κ1) is 17.1. The van der Waals surface area contributed by atoms with Crippen LogP contribution in [-0.4, -0.2) is 54.9 Å². The van der Waals surface area contributed by atoms with E-state index >= 15 is 0 Å². The molecule has 0 N–H and O–H groups in total. The molecule has 2 fully saturated rings. The molecule has 0 saturated carbocycles. The molecule has 2 saturated heterocycles. The normalized spacial score (nSPS) is 23.1. The van der Waals surface area contributed by atoms with Crippen LogP contribution in [-0.2, 0) is 16.0 Å². The third-order valence-electron chi connectivity index (χ3n) is 5.20. The summed E-state index contributed by atoms with van der Waals surface area (Å²) in [4.78, 5) is 28.0. The predicted molar refractivity (Wildman–Crippen MR) is 92.1 cm³/mol. The van der Waals surface area contributed by atoms with E-state index in [9.17, 15) is 9.59 Å². The van der Waals surface area contributed by atoms with Crippen molar-refractivity contribution in [2.45, 2.75) is 19.8 Å². The van der Waals surface area contributed by atoms with E-state index in [2.05, 4.69) is 0 Å². The highest BCUT2D eigenvalue weighted by Crippen LogP contribution is 2.32. The number of amides is 2. The zero-order chi connectivity index (χ0) is 17.3. The van der Waals surface area contributed by atoms with Gasteiger partial charge in [0, 0.05) is 38.1 Å². The molecule has 2 heterocycles. The van der Waals surface area contributed by atoms with Crippen LogP contribution in [0.4, 0.5) is 0 Å². The van der Waals surface area contributed by atoms with E-state index < -0.39 is 0 Å². The number of likely N-dealkylation sites (tertiary alicyclic amines) is 2.